The van der Waals surface area contributed by atoms with Crippen LogP contribution in [0.5, 0.6) is 0 Å². The third kappa shape index (κ3) is 5.90. The van der Waals surface area contributed by atoms with Gasteiger partial charge in [0.2, 0.25) is 0 Å². The second-order valence-corrected chi connectivity index (χ2v) is 21.9. The fourth-order valence-electron chi connectivity index (χ4n) is 4.11. The molecule has 134 valence electrons. The fourth-order valence-corrected chi connectivity index (χ4v) is 23.2. The van der Waals surface area contributed by atoms with E-state index >= 15 is 0 Å². The summed E-state index contributed by atoms with van der Waals surface area (Å²) in [4.78, 5) is 5.05. The van der Waals surface area contributed by atoms with Crippen LogP contribution in [0.3, 0.4) is 0 Å². The van der Waals surface area contributed by atoms with Crippen molar-refractivity contribution in [2.75, 3.05) is 0 Å². The van der Waals surface area contributed by atoms with Crippen molar-refractivity contribution in [3.05, 3.63) is 9.67 Å². The number of dihydropyridines is 1. The van der Waals surface area contributed by atoms with E-state index in [9.17, 15) is 0 Å². The van der Waals surface area contributed by atoms with Crippen LogP contribution in [0.1, 0.15) is 87.0 Å². The minimum atomic E-state index is -2.35. The molecule has 0 fully saturated rings. The maximum atomic E-state index is 5.05. The molecule has 0 aromatic carbocycles. The van der Waals surface area contributed by atoms with Crippen molar-refractivity contribution in [3.8, 4) is 0 Å². The van der Waals surface area contributed by atoms with E-state index in [1.54, 1.807) is 13.3 Å². The van der Waals surface area contributed by atoms with Gasteiger partial charge in [0.15, 0.2) is 0 Å². The van der Waals surface area contributed by atoms with Crippen LogP contribution in [-0.2, 0) is 0 Å². The molecule has 0 radical (unpaired) electrons. The average Bonchev–Trinajstić information content (AvgIpc) is 2.50. The summed E-state index contributed by atoms with van der Waals surface area (Å²) >= 11 is -2.35. The number of nitrogens with zero attached hydrogens (tertiary/aromatic N) is 1. The van der Waals surface area contributed by atoms with Crippen molar-refractivity contribution in [1.82, 2.24) is 0 Å². The Hall–Kier alpha value is 0.209. The SMILES string of the molecule is CCC[CH2][Sn]([CH2]CCC)([CH2]CCC)[C]1=CC(C)(C)C=NC1(C)C. The van der Waals surface area contributed by atoms with Crippen LogP contribution in [0.15, 0.2) is 14.7 Å². The molecular weight excluding hydrogens is 385 g/mol. The normalized spacial score (nSPS) is 19.7. The summed E-state index contributed by atoms with van der Waals surface area (Å²) in [6.07, 6.45) is 13.2. The molecule has 0 aliphatic carbocycles. The number of allylic oxidation sites excluding steroid dienone is 1. The van der Waals surface area contributed by atoms with Crippen LogP contribution in [-0.4, -0.2) is 30.1 Å². The molecule has 1 rings (SSSR count). The molecule has 23 heavy (non-hydrogen) atoms. The molecular formula is C21H41NSn. The van der Waals surface area contributed by atoms with Gasteiger partial charge in [-0.15, -0.1) is 0 Å². The second-order valence-electron chi connectivity index (χ2n) is 8.79. The van der Waals surface area contributed by atoms with Crippen molar-refractivity contribution >= 4 is 24.6 Å². The first kappa shape index (κ1) is 21.3. The first-order chi connectivity index (χ1) is 10.7. The van der Waals surface area contributed by atoms with Crippen LogP contribution in [0.25, 0.3) is 0 Å². The van der Waals surface area contributed by atoms with Gasteiger partial charge in [-0.25, -0.2) is 0 Å². The van der Waals surface area contributed by atoms with Crippen LogP contribution in [0.2, 0.25) is 13.3 Å². The van der Waals surface area contributed by atoms with Crippen molar-refractivity contribution in [2.45, 2.75) is 106 Å². The Morgan fingerprint density at radius 1 is 0.826 bits per heavy atom. The van der Waals surface area contributed by atoms with Crippen LogP contribution >= 0.6 is 0 Å². The van der Waals surface area contributed by atoms with Gasteiger partial charge in [-0.2, -0.15) is 0 Å². The Morgan fingerprint density at radius 3 is 1.65 bits per heavy atom. The Morgan fingerprint density at radius 2 is 1.26 bits per heavy atom. The summed E-state index contributed by atoms with van der Waals surface area (Å²) in [6, 6.07) is 0. The Labute approximate surface area is 150 Å². The summed E-state index contributed by atoms with van der Waals surface area (Å²) < 4.78 is 6.49. The molecule has 0 unspecified atom stereocenters. The predicted octanol–water partition coefficient (Wildman–Crippen LogP) is 7.19. The van der Waals surface area contributed by atoms with E-state index in [0.717, 1.165) is 0 Å². The monoisotopic (exact) mass is 427 g/mol. The zero-order valence-electron chi connectivity index (χ0n) is 17.0. The molecule has 0 aromatic rings. The first-order valence-electron chi connectivity index (χ1n) is 10.0. The Kier molecular flexibility index (Phi) is 8.37. The van der Waals surface area contributed by atoms with E-state index in [1.807, 2.05) is 3.59 Å². The zero-order chi connectivity index (χ0) is 17.6. The van der Waals surface area contributed by atoms with E-state index < -0.39 is 18.4 Å². The van der Waals surface area contributed by atoms with Crippen LogP contribution < -0.4 is 0 Å². The van der Waals surface area contributed by atoms with Gasteiger partial charge in [-0.1, -0.05) is 0 Å². The zero-order valence-corrected chi connectivity index (χ0v) is 19.8. The van der Waals surface area contributed by atoms with Gasteiger partial charge in [-0.3, -0.25) is 0 Å². The quantitative estimate of drug-likeness (QED) is 0.328. The third-order valence-electron chi connectivity index (χ3n) is 5.49. The molecule has 0 bridgehead atoms. The average molecular weight is 426 g/mol. The molecule has 0 spiro atoms. The number of hydrogen-bond donors (Lipinski definition) is 0. The molecule has 1 nitrogen and oxygen atoms in total. The Balaban J connectivity index is 3.29. The summed E-state index contributed by atoms with van der Waals surface area (Å²) in [5.74, 6) is 0. The van der Waals surface area contributed by atoms with E-state index in [2.05, 4.69) is 60.8 Å². The van der Waals surface area contributed by atoms with Gasteiger partial charge >= 0.3 is 151 Å². The fraction of sp³-hybridized carbons (Fsp3) is 0.857. The van der Waals surface area contributed by atoms with Crippen molar-refractivity contribution in [3.63, 3.8) is 0 Å². The van der Waals surface area contributed by atoms with Gasteiger partial charge < -0.3 is 0 Å². The van der Waals surface area contributed by atoms with Gasteiger partial charge in [0.05, 0.1) is 0 Å². The van der Waals surface area contributed by atoms with Gasteiger partial charge in [0, 0.05) is 0 Å². The topological polar surface area (TPSA) is 12.4 Å². The van der Waals surface area contributed by atoms with E-state index in [-0.39, 0.29) is 11.0 Å². The number of unbranched alkanes of at least 4 members (excludes halogenated alkanes) is 3. The first-order valence-corrected chi connectivity index (χ1v) is 17.5. The molecule has 0 N–H and O–H groups in total. The molecule has 1 aliphatic rings. The molecule has 0 saturated carbocycles. The Bertz CT molecular complexity index is 396. The molecule has 1 aliphatic heterocycles. The predicted molar refractivity (Wildman–Crippen MR) is 109 cm³/mol. The van der Waals surface area contributed by atoms with Gasteiger partial charge in [0.1, 0.15) is 0 Å². The maximum absolute atomic E-state index is 5.05. The molecule has 0 atom stereocenters. The van der Waals surface area contributed by atoms with E-state index in [4.69, 9.17) is 4.99 Å². The van der Waals surface area contributed by atoms with Crippen molar-refractivity contribution in [1.29, 1.82) is 0 Å². The third-order valence-corrected chi connectivity index (χ3v) is 22.1. The van der Waals surface area contributed by atoms with Crippen molar-refractivity contribution in [2.24, 2.45) is 10.4 Å². The second kappa shape index (κ2) is 9.06. The summed E-state index contributed by atoms with van der Waals surface area (Å²) in [7, 11) is 0. The molecule has 0 saturated heterocycles. The van der Waals surface area contributed by atoms with E-state index in [1.165, 1.54) is 38.5 Å². The summed E-state index contributed by atoms with van der Waals surface area (Å²) in [5.41, 5.74) is 0.207. The van der Waals surface area contributed by atoms with Crippen LogP contribution in [0.4, 0.5) is 0 Å². The van der Waals surface area contributed by atoms with Crippen molar-refractivity contribution < 1.29 is 0 Å². The minimum absolute atomic E-state index is 0.0564. The molecule has 0 aromatic heterocycles. The number of rotatable bonds is 10. The van der Waals surface area contributed by atoms with Gasteiger partial charge in [0.25, 0.3) is 0 Å². The molecule has 2 heteroatoms. The van der Waals surface area contributed by atoms with Gasteiger partial charge in [-0.05, 0) is 0 Å². The van der Waals surface area contributed by atoms with E-state index in [0.29, 0.717) is 0 Å². The number of aliphatic imine (C=N–C) groups is 1. The van der Waals surface area contributed by atoms with Crippen LogP contribution in [0, 0.1) is 5.41 Å². The molecule has 1 heterocycles. The molecule has 0 amide bonds. The summed E-state index contributed by atoms with van der Waals surface area (Å²) in [5, 5.41) is 0. The number of hydrogen-bond acceptors (Lipinski definition) is 1. The summed E-state index contributed by atoms with van der Waals surface area (Å²) in [6.45, 7) is 16.5. The standard InChI is InChI=1S/C9H14N.3C4H9.Sn/c1-8(2)5-6-9(3,4)10-7-8;3*1-3-4-2;/h5,7H,1-4H3;3*1,3-4H2,2H3;.